The van der Waals surface area contributed by atoms with Crippen LogP contribution in [0.2, 0.25) is 5.35 Å². The molecule has 2 aromatic rings. The van der Waals surface area contributed by atoms with Crippen LogP contribution in [0.5, 0.6) is 0 Å². The Kier molecular flexibility index (Phi) is 3.30. The van der Waals surface area contributed by atoms with Gasteiger partial charge in [-0.25, -0.2) is 0 Å². The van der Waals surface area contributed by atoms with Gasteiger partial charge in [0.05, 0.1) is 0 Å². The second kappa shape index (κ2) is 4.71. The monoisotopic (exact) mass is 235 g/mol. The van der Waals surface area contributed by atoms with Gasteiger partial charge >= 0.3 is 0 Å². The molecule has 0 atom stereocenters. The minimum atomic E-state index is 0.182. The number of nitrogens with zero attached hydrogens (tertiary/aromatic N) is 1. The lowest BCUT2D eigenvalue weighted by molar-refractivity contribution is 0.560. The number of halogens is 1. The van der Waals surface area contributed by atoms with E-state index in [1.807, 2.05) is 12.1 Å². The molecule has 3 heteroatoms. The van der Waals surface area contributed by atoms with Crippen molar-refractivity contribution < 1.29 is 4.42 Å². The van der Waals surface area contributed by atoms with E-state index in [0.717, 1.165) is 17.7 Å². The first kappa shape index (κ1) is 11.2. The number of rotatable bonds is 3. The van der Waals surface area contributed by atoms with Crippen molar-refractivity contribution in [1.82, 2.24) is 4.98 Å². The van der Waals surface area contributed by atoms with E-state index in [1.54, 1.807) is 6.26 Å². The molecule has 16 heavy (non-hydrogen) atoms. The van der Waals surface area contributed by atoms with Crippen LogP contribution < -0.4 is 0 Å². The van der Waals surface area contributed by atoms with Crippen molar-refractivity contribution in [2.75, 3.05) is 0 Å². The average molecular weight is 236 g/mol. The molecule has 2 nitrogen and oxygen atoms in total. The van der Waals surface area contributed by atoms with Gasteiger partial charge in [-0.1, -0.05) is 38.1 Å². The van der Waals surface area contributed by atoms with Crippen LogP contribution in [0.15, 0.2) is 34.9 Å². The van der Waals surface area contributed by atoms with Crippen molar-refractivity contribution >= 4 is 11.6 Å². The highest BCUT2D eigenvalue weighted by atomic mass is 35.5. The van der Waals surface area contributed by atoms with Crippen LogP contribution in [0.1, 0.15) is 19.4 Å². The van der Waals surface area contributed by atoms with Gasteiger partial charge in [-0.05, 0) is 29.5 Å². The maximum atomic E-state index is 5.63. The van der Waals surface area contributed by atoms with E-state index in [9.17, 15) is 0 Å². The molecule has 0 aliphatic rings. The number of hydrogen-bond donors (Lipinski definition) is 0. The van der Waals surface area contributed by atoms with E-state index in [4.69, 9.17) is 16.0 Å². The summed E-state index contributed by atoms with van der Waals surface area (Å²) in [7, 11) is 0. The fourth-order valence-corrected chi connectivity index (χ4v) is 1.80. The van der Waals surface area contributed by atoms with E-state index >= 15 is 0 Å². The Bertz CT molecular complexity index is 459. The zero-order valence-electron chi connectivity index (χ0n) is 9.40. The molecule has 1 heterocycles. The molecule has 0 spiro atoms. The Hall–Kier alpha value is -1.28. The van der Waals surface area contributed by atoms with Crippen LogP contribution >= 0.6 is 11.6 Å². The van der Waals surface area contributed by atoms with E-state index < -0.39 is 0 Å². The molecule has 0 unspecified atom stereocenters. The molecule has 0 saturated carbocycles. The molecule has 1 aromatic heterocycles. The topological polar surface area (TPSA) is 26.0 Å². The summed E-state index contributed by atoms with van der Waals surface area (Å²) in [6.45, 7) is 4.43. The third-order valence-corrected chi connectivity index (χ3v) is 2.54. The van der Waals surface area contributed by atoms with Gasteiger partial charge in [0.2, 0.25) is 0 Å². The molecule has 0 N–H and O–H groups in total. The first-order chi connectivity index (χ1) is 7.65. The summed E-state index contributed by atoms with van der Waals surface area (Å²) in [4.78, 5) is 4.07. The zero-order chi connectivity index (χ0) is 11.5. The van der Waals surface area contributed by atoms with Crippen molar-refractivity contribution in [3.63, 3.8) is 0 Å². The first-order valence-corrected chi connectivity index (χ1v) is 5.73. The van der Waals surface area contributed by atoms with Crippen LogP contribution in [-0.2, 0) is 6.42 Å². The van der Waals surface area contributed by atoms with Crippen molar-refractivity contribution in [3.05, 3.63) is 41.4 Å². The normalized spacial score (nSPS) is 11.0. The Balaban J connectivity index is 2.19. The summed E-state index contributed by atoms with van der Waals surface area (Å²) in [5.41, 5.74) is 3.15. The van der Waals surface area contributed by atoms with Crippen LogP contribution in [0, 0.1) is 5.92 Å². The largest absolute Gasteiger partial charge is 0.436 e. The fraction of sp³-hybridized carbons (Fsp3) is 0.308. The smallest absolute Gasteiger partial charge is 0.292 e. The molecule has 0 amide bonds. The van der Waals surface area contributed by atoms with Gasteiger partial charge in [0.15, 0.2) is 0 Å². The average Bonchev–Trinajstić information content (AvgIpc) is 2.65. The van der Waals surface area contributed by atoms with E-state index in [2.05, 4.69) is 31.0 Å². The predicted molar refractivity (Wildman–Crippen MR) is 65.5 cm³/mol. The predicted octanol–water partition coefficient (Wildman–Crippen LogP) is 4.19. The summed E-state index contributed by atoms with van der Waals surface area (Å²) in [6, 6.07) is 8.34. The van der Waals surface area contributed by atoms with Crippen LogP contribution in [0.3, 0.4) is 0 Å². The maximum absolute atomic E-state index is 5.63. The summed E-state index contributed by atoms with van der Waals surface area (Å²) < 4.78 is 4.97. The van der Waals surface area contributed by atoms with Crippen molar-refractivity contribution in [2.24, 2.45) is 5.92 Å². The lowest BCUT2D eigenvalue weighted by Crippen LogP contribution is -1.93. The van der Waals surface area contributed by atoms with Gasteiger partial charge < -0.3 is 4.42 Å². The molecule has 0 aliphatic carbocycles. The summed E-state index contributed by atoms with van der Waals surface area (Å²) in [6.07, 6.45) is 2.67. The lowest BCUT2D eigenvalue weighted by Gasteiger charge is -2.05. The maximum Gasteiger partial charge on any atom is 0.292 e. The molecule has 0 bridgehead atoms. The highest BCUT2D eigenvalue weighted by Gasteiger charge is 2.04. The fourth-order valence-electron chi connectivity index (χ4n) is 1.67. The summed E-state index contributed by atoms with van der Waals surface area (Å²) in [5, 5.41) is 0.182. The highest BCUT2D eigenvalue weighted by Crippen LogP contribution is 2.21. The Morgan fingerprint density at radius 3 is 2.44 bits per heavy atom. The Morgan fingerprint density at radius 2 is 1.94 bits per heavy atom. The zero-order valence-corrected chi connectivity index (χ0v) is 10.2. The third kappa shape index (κ3) is 2.64. The summed E-state index contributed by atoms with van der Waals surface area (Å²) in [5.74, 6) is 0.673. The Labute approximate surface area is 100 Å². The molecular formula is C13H14ClNO. The minimum Gasteiger partial charge on any atom is -0.436 e. The third-order valence-electron chi connectivity index (χ3n) is 2.37. The van der Waals surface area contributed by atoms with E-state index in [1.165, 1.54) is 5.56 Å². The number of benzene rings is 1. The van der Waals surface area contributed by atoms with Gasteiger partial charge in [0.1, 0.15) is 12.0 Å². The number of oxazole rings is 1. The van der Waals surface area contributed by atoms with Crippen molar-refractivity contribution in [3.8, 4) is 11.3 Å². The van der Waals surface area contributed by atoms with Crippen LogP contribution in [-0.4, -0.2) is 4.98 Å². The first-order valence-electron chi connectivity index (χ1n) is 5.35. The standard InChI is InChI=1S/C13H14ClNO/c1-9(2)7-10-3-5-11(6-4-10)12-8-16-13(14)15-12/h3-6,8-9H,7H2,1-2H3. The van der Waals surface area contributed by atoms with Crippen LogP contribution in [0.4, 0.5) is 0 Å². The second-order valence-electron chi connectivity index (χ2n) is 4.28. The highest BCUT2D eigenvalue weighted by molar-refractivity contribution is 6.27. The van der Waals surface area contributed by atoms with Crippen molar-refractivity contribution in [2.45, 2.75) is 20.3 Å². The van der Waals surface area contributed by atoms with E-state index in [0.29, 0.717) is 5.92 Å². The van der Waals surface area contributed by atoms with Crippen LogP contribution in [0.25, 0.3) is 11.3 Å². The molecule has 1 aromatic carbocycles. The molecular weight excluding hydrogens is 222 g/mol. The molecule has 0 aliphatic heterocycles. The van der Waals surface area contributed by atoms with E-state index in [-0.39, 0.29) is 5.35 Å². The molecule has 2 rings (SSSR count). The van der Waals surface area contributed by atoms with Gasteiger partial charge in [0, 0.05) is 5.56 Å². The van der Waals surface area contributed by atoms with Gasteiger partial charge in [-0.2, -0.15) is 4.98 Å². The lowest BCUT2D eigenvalue weighted by atomic mass is 10.0. The van der Waals surface area contributed by atoms with Gasteiger partial charge in [0.25, 0.3) is 5.35 Å². The Morgan fingerprint density at radius 1 is 1.25 bits per heavy atom. The quantitative estimate of drug-likeness (QED) is 0.797. The van der Waals surface area contributed by atoms with Gasteiger partial charge in [-0.3, -0.25) is 0 Å². The minimum absolute atomic E-state index is 0.182. The SMILES string of the molecule is CC(C)Cc1ccc(-c2coc(Cl)n2)cc1. The number of hydrogen-bond acceptors (Lipinski definition) is 2. The molecule has 0 fully saturated rings. The van der Waals surface area contributed by atoms with Gasteiger partial charge in [-0.15, -0.1) is 0 Å². The number of aromatic nitrogens is 1. The van der Waals surface area contributed by atoms with Crippen molar-refractivity contribution in [1.29, 1.82) is 0 Å². The second-order valence-corrected chi connectivity index (χ2v) is 4.60. The molecule has 0 radical (unpaired) electrons. The summed E-state index contributed by atoms with van der Waals surface area (Å²) >= 11 is 5.63. The molecule has 0 saturated heterocycles. The molecule has 84 valence electrons.